The molecule has 98 valence electrons. The molecule has 0 aliphatic carbocycles. The molecule has 0 radical (unpaired) electrons. The van der Waals surface area contributed by atoms with Crippen molar-refractivity contribution in [1.82, 2.24) is 5.16 Å². The highest BCUT2D eigenvalue weighted by Gasteiger charge is 2.13. The van der Waals surface area contributed by atoms with Gasteiger partial charge in [0.05, 0.1) is 5.56 Å². The monoisotopic (exact) mass is 260 g/mol. The Hall–Kier alpha value is -2.63. The van der Waals surface area contributed by atoms with E-state index in [1.807, 2.05) is 0 Å². The number of amides is 1. The smallest absolute Gasteiger partial charge is 0.336 e. The summed E-state index contributed by atoms with van der Waals surface area (Å²) in [5.41, 5.74) is 1.32. The van der Waals surface area contributed by atoms with Gasteiger partial charge in [0, 0.05) is 11.8 Å². The van der Waals surface area contributed by atoms with Crippen molar-refractivity contribution in [2.45, 2.75) is 13.8 Å². The zero-order valence-electron chi connectivity index (χ0n) is 10.4. The highest BCUT2D eigenvalue weighted by Crippen LogP contribution is 2.16. The third kappa shape index (κ3) is 2.79. The standard InChI is InChI=1S/C13H12N2O4/c1-7-3-4-9(6-10(7)13(17)18)14-12(16)11-5-8(2)19-15-11/h3-6H,1-2H3,(H,14,16)(H,17,18). The van der Waals surface area contributed by atoms with E-state index in [1.54, 1.807) is 26.0 Å². The van der Waals surface area contributed by atoms with Crippen molar-refractivity contribution in [3.05, 3.63) is 46.8 Å². The van der Waals surface area contributed by atoms with Gasteiger partial charge in [0.25, 0.3) is 5.91 Å². The minimum Gasteiger partial charge on any atom is -0.478 e. The van der Waals surface area contributed by atoms with Crippen LogP contribution in [0.5, 0.6) is 0 Å². The summed E-state index contributed by atoms with van der Waals surface area (Å²) in [6.45, 7) is 3.37. The lowest BCUT2D eigenvalue weighted by atomic mass is 10.1. The van der Waals surface area contributed by atoms with E-state index in [0.29, 0.717) is 17.0 Å². The molecule has 6 heteroatoms. The molecule has 0 fully saturated rings. The number of nitrogens with one attached hydrogen (secondary N) is 1. The fraction of sp³-hybridized carbons (Fsp3) is 0.154. The van der Waals surface area contributed by atoms with E-state index in [-0.39, 0.29) is 11.3 Å². The van der Waals surface area contributed by atoms with Gasteiger partial charge in [-0.1, -0.05) is 11.2 Å². The van der Waals surface area contributed by atoms with E-state index in [9.17, 15) is 9.59 Å². The molecule has 0 atom stereocenters. The number of benzene rings is 1. The zero-order valence-corrected chi connectivity index (χ0v) is 10.4. The summed E-state index contributed by atoms with van der Waals surface area (Å²) in [4.78, 5) is 22.8. The minimum absolute atomic E-state index is 0.147. The zero-order chi connectivity index (χ0) is 14.0. The fourth-order valence-electron chi connectivity index (χ4n) is 1.60. The average Bonchev–Trinajstić information content (AvgIpc) is 2.78. The van der Waals surface area contributed by atoms with Gasteiger partial charge in [-0.2, -0.15) is 0 Å². The Kier molecular flexibility index (Phi) is 3.33. The number of carboxylic acids is 1. The maximum absolute atomic E-state index is 11.8. The third-order valence-electron chi connectivity index (χ3n) is 2.59. The van der Waals surface area contributed by atoms with Crippen molar-refractivity contribution < 1.29 is 19.2 Å². The molecule has 2 rings (SSSR count). The molecule has 0 spiro atoms. The summed E-state index contributed by atoms with van der Waals surface area (Å²) in [7, 11) is 0. The molecule has 0 unspecified atom stereocenters. The van der Waals surface area contributed by atoms with Crippen molar-refractivity contribution in [2.24, 2.45) is 0 Å². The molecule has 2 aromatic rings. The van der Waals surface area contributed by atoms with Crippen LogP contribution in [-0.2, 0) is 0 Å². The summed E-state index contributed by atoms with van der Waals surface area (Å²) < 4.78 is 4.80. The number of aromatic carboxylic acids is 1. The summed E-state index contributed by atoms with van der Waals surface area (Å²) in [5.74, 6) is -0.955. The third-order valence-corrected chi connectivity index (χ3v) is 2.59. The molecule has 1 aromatic carbocycles. The summed E-state index contributed by atoms with van der Waals surface area (Å²) in [6.07, 6.45) is 0. The van der Waals surface area contributed by atoms with Gasteiger partial charge in [-0.25, -0.2) is 4.79 Å². The molecule has 1 amide bonds. The van der Waals surface area contributed by atoms with E-state index < -0.39 is 11.9 Å². The van der Waals surface area contributed by atoms with Crippen molar-refractivity contribution in [1.29, 1.82) is 0 Å². The summed E-state index contributed by atoms with van der Waals surface area (Å²) in [6, 6.07) is 6.17. The van der Waals surface area contributed by atoms with E-state index in [1.165, 1.54) is 12.1 Å². The molecule has 19 heavy (non-hydrogen) atoms. The number of nitrogens with zero attached hydrogens (tertiary/aromatic N) is 1. The number of rotatable bonds is 3. The van der Waals surface area contributed by atoms with E-state index in [0.717, 1.165) is 0 Å². The lowest BCUT2D eigenvalue weighted by Crippen LogP contribution is -2.13. The Morgan fingerprint density at radius 1 is 1.26 bits per heavy atom. The van der Waals surface area contributed by atoms with Crippen LogP contribution in [0.3, 0.4) is 0 Å². The van der Waals surface area contributed by atoms with Crippen LogP contribution in [0.25, 0.3) is 0 Å². The van der Waals surface area contributed by atoms with Crippen LogP contribution in [0, 0.1) is 13.8 Å². The lowest BCUT2D eigenvalue weighted by molar-refractivity contribution is 0.0695. The minimum atomic E-state index is -1.04. The summed E-state index contributed by atoms with van der Waals surface area (Å²) >= 11 is 0. The topological polar surface area (TPSA) is 92.4 Å². The van der Waals surface area contributed by atoms with Gasteiger partial charge in [-0.3, -0.25) is 4.79 Å². The largest absolute Gasteiger partial charge is 0.478 e. The Labute approximate surface area is 109 Å². The van der Waals surface area contributed by atoms with Gasteiger partial charge in [-0.05, 0) is 31.5 Å². The number of carboxylic acid groups (broad SMARTS) is 1. The molecule has 1 heterocycles. The maximum Gasteiger partial charge on any atom is 0.336 e. The van der Waals surface area contributed by atoms with Gasteiger partial charge in [0.1, 0.15) is 5.76 Å². The van der Waals surface area contributed by atoms with Crippen LogP contribution >= 0.6 is 0 Å². The first-order valence-corrected chi connectivity index (χ1v) is 5.56. The van der Waals surface area contributed by atoms with Crippen LogP contribution in [0.2, 0.25) is 0 Å². The molecule has 0 bridgehead atoms. The number of anilines is 1. The van der Waals surface area contributed by atoms with Crippen LogP contribution in [0.15, 0.2) is 28.8 Å². The predicted octanol–water partition coefficient (Wildman–Crippen LogP) is 2.24. The molecule has 0 aliphatic heterocycles. The van der Waals surface area contributed by atoms with Crippen LogP contribution < -0.4 is 5.32 Å². The van der Waals surface area contributed by atoms with Crippen LogP contribution in [-0.4, -0.2) is 22.1 Å². The van der Waals surface area contributed by atoms with Gasteiger partial charge < -0.3 is 14.9 Å². The van der Waals surface area contributed by atoms with Crippen molar-refractivity contribution in [3.8, 4) is 0 Å². The predicted molar refractivity (Wildman–Crippen MR) is 67.3 cm³/mol. The maximum atomic E-state index is 11.8. The van der Waals surface area contributed by atoms with Gasteiger partial charge in [0.15, 0.2) is 5.69 Å². The van der Waals surface area contributed by atoms with Gasteiger partial charge >= 0.3 is 5.97 Å². The molecule has 6 nitrogen and oxygen atoms in total. The van der Waals surface area contributed by atoms with Gasteiger partial charge in [-0.15, -0.1) is 0 Å². The number of aryl methyl sites for hydroxylation is 2. The lowest BCUT2D eigenvalue weighted by Gasteiger charge is -2.06. The van der Waals surface area contributed by atoms with E-state index >= 15 is 0 Å². The SMILES string of the molecule is Cc1cc(C(=O)Nc2ccc(C)c(C(=O)O)c2)no1. The Balaban J connectivity index is 2.22. The second-order valence-electron chi connectivity index (χ2n) is 4.11. The fourth-order valence-corrected chi connectivity index (χ4v) is 1.60. The van der Waals surface area contributed by atoms with Crippen molar-refractivity contribution >= 4 is 17.6 Å². The highest BCUT2D eigenvalue weighted by molar-refractivity contribution is 6.03. The number of carbonyl (C=O) groups excluding carboxylic acids is 1. The van der Waals surface area contributed by atoms with Crippen LogP contribution in [0.4, 0.5) is 5.69 Å². The van der Waals surface area contributed by atoms with Crippen molar-refractivity contribution in [2.75, 3.05) is 5.32 Å². The normalized spacial score (nSPS) is 10.2. The van der Waals surface area contributed by atoms with Crippen molar-refractivity contribution in [3.63, 3.8) is 0 Å². The molecule has 1 aromatic heterocycles. The Morgan fingerprint density at radius 2 is 2.00 bits per heavy atom. The average molecular weight is 260 g/mol. The van der Waals surface area contributed by atoms with Gasteiger partial charge in [0.2, 0.25) is 0 Å². The molecule has 0 aliphatic rings. The highest BCUT2D eigenvalue weighted by atomic mass is 16.5. The van der Waals surface area contributed by atoms with E-state index in [4.69, 9.17) is 9.63 Å². The molecule has 0 saturated carbocycles. The first kappa shape index (κ1) is 12.8. The number of hydrogen-bond acceptors (Lipinski definition) is 4. The molecule has 2 N–H and O–H groups in total. The second-order valence-corrected chi connectivity index (χ2v) is 4.11. The Bertz CT molecular complexity index is 646. The first-order valence-electron chi connectivity index (χ1n) is 5.56. The second kappa shape index (κ2) is 4.93. The Morgan fingerprint density at radius 3 is 2.58 bits per heavy atom. The summed E-state index contributed by atoms with van der Waals surface area (Å²) in [5, 5.41) is 15.2. The van der Waals surface area contributed by atoms with Crippen LogP contribution in [0.1, 0.15) is 32.2 Å². The molecular formula is C13H12N2O4. The molecule has 0 saturated heterocycles. The number of carbonyl (C=O) groups is 2. The molecular weight excluding hydrogens is 248 g/mol. The number of aromatic nitrogens is 1. The quantitative estimate of drug-likeness (QED) is 0.882. The first-order chi connectivity index (χ1) is 8.97. The number of hydrogen-bond donors (Lipinski definition) is 2. The van der Waals surface area contributed by atoms with E-state index in [2.05, 4.69) is 10.5 Å².